The van der Waals surface area contributed by atoms with Gasteiger partial charge >= 0.3 is 0 Å². The molecule has 0 unspecified atom stereocenters. The van der Waals surface area contributed by atoms with Crippen molar-refractivity contribution in [2.24, 2.45) is 4.99 Å². The number of fused-ring (bicyclic) bond motifs is 1. The number of methoxy groups -OCH3 is 1. The van der Waals surface area contributed by atoms with E-state index in [1.807, 2.05) is 43.3 Å². The van der Waals surface area contributed by atoms with Crippen molar-refractivity contribution in [3.8, 4) is 5.75 Å². The average Bonchev–Trinajstić information content (AvgIpc) is 2.65. The number of aliphatic imine (C=N–C) groups is 1. The minimum Gasteiger partial charge on any atom is -0.496 e. The summed E-state index contributed by atoms with van der Waals surface area (Å²) >= 11 is 6.44. The van der Waals surface area contributed by atoms with Crippen LogP contribution in [0.5, 0.6) is 5.75 Å². The van der Waals surface area contributed by atoms with Gasteiger partial charge in [0.05, 0.1) is 29.1 Å². The third kappa shape index (κ3) is 2.57. The molecule has 0 bridgehead atoms. The fraction of sp³-hybridized carbons (Fsp3) is 0.176. The van der Waals surface area contributed by atoms with Crippen molar-refractivity contribution >= 4 is 28.9 Å². The fourth-order valence-corrected chi connectivity index (χ4v) is 2.89. The van der Waals surface area contributed by atoms with Gasteiger partial charge in [0.25, 0.3) is 0 Å². The maximum Gasteiger partial charge on any atom is 0.246 e. The Bertz CT molecular complexity index is 784. The molecule has 0 saturated heterocycles. The molecule has 5 heteroatoms. The molecule has 0 saturated carbocycles. The molecule has 1 amide bonds. The van der Waals surface area contributed by atoms with Gasteiger partial charge in [0, 0.05) is 5.56 Å². The Morgan fingerprint density at radius 1 is 1.27 bits per heavy atom. The molecule has 3 rings (SSSR count). The predicted octanol–water partition coefficient (Wildman–Crippen LogP) is 3.45. The second kappa shape index (κ2) is 5.81. The van der Waals surface area contributed by atoms with Crippen LogP contribution < -0.4 is 10.1 Å². The van der Waals surface area contributed by atoms with Gasteiger partial charge in [-0.25, -0.2) is 0 Å². The number of ether oxygens (including phenoxy) is 1. The number of aryl methyl sites for hydroxylation is 1. The zero-order valence-corrected chi connectivity index (χ0v) is 13.1. The van der Waals surface area contributed by atoms with Gasteiger partial charge in [-0.15, -0.1) is 0 Å². The van der Waals surface area contributed by atoms with Crippen molar-refractivity contribution in [1.29, 1.82) is 0 Å². The molecule has 2 aromatic rings. The molecule has 1 aliphatic heterocycles. The SMILES string of the molecule is COc1cc(C)cc(Cl)c1C1=NCC(=O)Nc2ccccc21. The van der Waals surface area contributed by atoms with E-state index in [2.05, 4.69) is 10.3 Å². The first-order chi connectivity index (χ1) is 10.6. The Balaban J connectivity index is 2.26. The zero-order chi connectivity index (χ0) is 15.7. The minimum absolute atomic E-state index is 0.0529. The maximum atomic E-state index is 11.8. The Morgan fingerprint density at radius 3 is 2.82 bits per heavy atom. The third-order valence-corrected chi connectivity index (χ3v) is 3.79. The number of halogens is 1. The van der Waals surface area contributed by atoms with E-state index in [4.69, 9.17) is 16.3 Å². The Labute approximate surface area is 133 Å². The highest BCUT2D eigenvalue weighted by Crippen LogP contribution is 2.33. The number of nitrogens with one attached hydrogen (secondary N) is 1. The molecule has 0 aromatic heterocycles. The summed E-state index contributed by atoms with van der Waals surface area (Å²) in [5.41, 5.74) is 3.93. The van der Waals surface area contributed by atoms with Crippen molar-refractivity contribution in [3.63, 3.8) is 0 Å². The van der Waals surface area contributed by atoms with E-state index in [1.165, 1.54) is 0 Å². The lowest BCUT2D eigenvalue weighted by Crippen LogP contribution is -2.13. The van der Waals surface area contributed by atoms with Gasteiger partial charge in [0.15, 0.2) is 0 Å². The Morgan fingerprint density at radius 2 is 2.05 bits per heavy atom. The molecular weight excluding hydrogens is 300 g/mol. The standard InChI is InChI=1S/C17H15ClN2O2/c1-10-7-12(18)16(14(8-10)22-2)17-11-5-3-4-6-13(11)20-15(21)9-19-17/h3-8H,9H2,1-2H3,(H,20,21). The quantitative estimate of drug-likeness (QED) is 0.923. The first-order valence-electron chi connectivity index (χ1n) is 6.88. The van der Waals surface area contributed by atoms with Crippen LogP contribution in [0.3, 0.4) is 0 Å². The molecule has 0 spiro atoms. The number of nitrogens with zero attached hydrogens (tertiary/aromatic N) is 1. The second-order valence-electron chi connectivity index (χ2n) is 5.08. The minimum atomic E-state index is -0.148. The fourth-order valence-electron chi connectivity index (χ4n) is 2.54. The largest absolute Gasteiger partial charge is 0.496 e. The Hall–Kier alpha value is -2.33. The van der Waals surface area contributed by atoms with Crippen molar-refractivity contribution in [3.05, 3.63) is 58.1 Å². The van der Waals surface area contributed by atoms with E-state index in [0.29, 0.717) is 22.0 Å². The molecule has 0 atom stereocenters. The summed E-state index contributed by atoms with van der Waals surface area (Å²) in [5.74, 6) is 0.498. The first kappa shape index (κ1) is 14.6. The van der Waals surface area contributed by atoms with Crippen molar-refractivity contribution in [1.82, 2.24) is 0 Å². The van der Waals surface area contributed by atoms with E-state index in [0.717, 1.165) is 16.8 Å². The van der Waals surface area contributed by atoms with E-state index < -0.39 is 0 Å². The van der Waals surface area contributed by atoms with Gasteiger partial charge in [0.2, 0.25) is 5.91 Å². The van der Waals surface area contributed by atoms with Gasteiger partial charge < -0.3 is 10.1 Å². The number of hydrogen-bond acceptors (Lipinski definition) is 3. The van der Waals surface area contributed by atoms with Crippen LogP contribution in [0.15, 0.2) is 41.4 Å². The van der Waals surface area contributed by atoms with Gasteiger partial charge in [0.1, 0.15) is 12.3 Å². The topological polar surface area (TPSA) is 50.7 Å². The molecule has 22 heavy (non-hydrogen) atoms. The van der Waals surface area contributed by atoms with E-state index in [9.17, 15) is 4.79 Å². The van der Waals surface area contributed by atoms with Crippen LogP contribution in [0.25, 0.3) is 0 Å². The van der Waals surface area contributed by atoms with Crippen LogP contribution in [0.4, 0.5) is 5.69 Å². The lowest BCUT2D eigenvalue weighted by Gasteiger charge is -2.15. The number of benzene rings is 2. The van der Waals surface area contributed by atoms with Gasteiger partial charge in [-0.2, -0.15) is 0 Å². The summed E-state index contributed by atoms with van der Waals surface area (Å²) in [6.45, 7) is 2.00. The summed E-state index contributed by atoms with van der Waals surface area (Å²) in [5, 5.41) is 3.41. The number of rotatable bonds is 2. The number of anilines is 1. The van der Waals surface area contributed by atoms with Crippen LogP contribution in [0.2, 0.25) is 5.02 Å². The number of carbonyl (C=O) groups excluding carboxylic acids is 1. The second-order valence-corrected chi connectivity index (χ2v) is 5.49. The van der Waals surface area contributed by atoms with E-state index in [1.54, 1.807) is 7.11 Å². The third-order valence-electron chi connectivity index (χ3n) is 3.49. The summed E-state index contributed by atoms with van der Waals surface area (Å²) in [7, 11) is 1.60. The summed E-state index contributed by atoms with van der Waals surface area (Å²) in [6.07, 6.45) is 0. The number of para-hydroxylation sites is 1. The number of hydrogen-bond donors (Lipinski definition) is 1. The molecule has 1 heterocycles. The molecule has 1 aliphatic rings. The summed E-state index contributed by atoms with van der Waals surface area (Å²) in [4.78, 5) is 16.3. The first-order valence-corrected chi connectivity index (χ1v) is 7.26. The van der Waals surface area contributed by atoms with Gasteiger partial charge in [-0.1, -0.05) is 29.8 Å². The summed E-state index contributed by atoms with van der Waals surface area (Å²) < 4.78 is 5.47. The van der Waals surface area contributed by atoms with Crippen molar-refractivity contribution in [2.75, 3.05) is 19.0 Å². The zero-order valence-electron chi connectivity index (χ0n) is 12.3. The molecule has 0 aliphatic carbocycles. The van der Waals surface area contributed by atoms with Crippen molar-refractivity contribution < 1.29 is 9.53 Å². The highest BCUT2D eigenvalue weighted by molar-refractivity contribution is 6.36. The molecule has 0 fully saturated rings. The normalized spacial score (nSPS) is 13.8. The molecular formula is C17H15ClN2O2. The van der Waals surface area contributed by atoms with Crippen LogP contribution in [-0.4, -0.2) is 25.3 Å². The molecule has 0 radical (unpaired) electrons. The van der Waals surface area contributed by atoms with Crippen LogP contribution in [0, 0.1) is 6.92 Å². The molecule has 2 aromatic carbocycles. The molecule has 112 valence electrons. The highest BCUT2D eigenvalue weighted by atomic mass is 35.5. The van der Waals surface area contributed by atoms with E-state index >= 15 is 0 Å². The van der Waals surface area contributed by atoms with Crippen LogP contribution >= 0.6 is 11.6 Å². The number of carbonyl (C=O) groups is 1. The molecule has 1 N–H and O–H groups in total. The van der Waals surface area contributed by atoms with Crippen LogP contribution in [-0.2, 0) is 4.79 Å². The van der Waals surface area contributed by atoms with Gasteiger partial charge in [-0.3, -0.25) is 9.79 Å². The van der Waals surface area contributed by atoms with E-state index in [-0.39, 0.29) is 12.5 Å². The predicted molar refractivity (Wildman–Crippen MR) is 88.3 cm³/mol. The van der Waals surface area contributed by atoms with Crippen molar-refractivity contribution in [2.45, 2.75) is 6.92 Å². The Kier molecular flexibility index (Phi) is 3.86. The monoisotopic (exact) mass is 314 g/mol. The van der Waals surface area contributed by atoms with Crippen LogP contribution in [0.1, 0.15) is 16.7 Å². The highest BCUT2D eigenvalue weighted by Gasteiger charge is 2.22. The molecule has 4 nitrogen and oxygen atoms in total. The van der Waals surface area contributed by atoms with Gasteiger partial charge in [-0.05, 0) is 30.7 Å². The average molecular weight is 315 g/mol. The summed E-state index contributed by atoms with van der Waals surface area (Å²) in [6, 6.07) is 11.3. The lowest BCUT2D eigenvalue weighted by molar-refractivity contribution is -0.114. The number of amides is 1. The smallest absolute Gasteiger partial charge is 0.246 e. The lowest BCUT2D eigenvalue weighted by atomic mass is 9.98. The maximum absolute atomic E-state index is 11.8. The number of benzodiazepines with no additional fused rings is 1.